The molecule has 30 heavy (non-hydrogen) atoms. The van der Waals surface area contributed by atoms with E-state index in [9.17, 15) is 9.18 Å². The van der Waals surface area contributed by atoms with Crippen molar-refractivity contribution in [1.82, 2.24) is 15.1 Å². The van der Waals surface area contributed by atoms with Crippen molar-refractivity contribution >= 4 is 17.5 Å². The molecule has 4 aromatic rings. The lowest BCUT2D eigenvalue weighted by atomic mass is 9.96. The van der Waals surface area contributed by atoms with Crippen LogP contribution in [0.1, 0.15) is 18.1 Å². The SMILES string of the molecule is CC(=O)N(c1ccccc1F)c1onc(-c2c(C)cccc2C)c1-c1ccncn1. The topological polar surface area (TPSA) is 72.1 Å². The van der Waals surface area contributed by atoms with E-state index < -0.39 is 11.7 Å². The van der Waals surface area contributed by atoms with Crippen LogP contribution < -0.4 is 4.90 Å². The summed E-state index contributed by atoms with van der Waals surface area (Å²) in [4.78, 5) is 22.1. The molecule has 2 aromatic heterocycles. The lowest BCUT2D eigenvalue weighted by Crippen LogP contribution is -2.24. The lowest BCUT2D eigenvalue weighted by Gasteiger charge is -2.19. The van der Waals surface area contributed by atoms with Crippen molar-refractivity contribution in [1.29, 1.82) is 0 Å². The van der Waals surface area contributed by atoms with E-state index in [0.717, 1.165) is 16.7 Å². The summed E-state index contributed by atoms with van der Waals surface area (Å²) in [5.74, 6) is -0.866. The fourth-order valence-electron chi connectivity index (χ4n) is 3.52. The largest absolute Gasteiger partial charge is 0.336 e. The van der Waals surface area contributed by atoms with Gasteiger partial charge in [0.25, 0.3) is 0 Å². The molecular weight excluding hydrogens is 383 g/mol. The molecule has 2 aromatic carbocycles. The van der Waals surface area contributed by atoms with E-state index in [-0.39, 0.29) is 11.6 Å². The van der Waals surface area contributed by atoms with E-state index in [2.05, 4.69) is 15.1 Å². The predicted molar refractivity (Wildman–Crippen MR) is 112 cm³/mol. The summed E-state index contributed by atoms with van der Waals surface area (Å²) < 4.78 is 20.3. The number of halogens is 1. The number of hydrogen-bond donors (Lipinski definition) is 0. The standard InChI is InChI=1S/C23H19FN4O2/c1-14-7-6-8-15(2)20(14)22-21(18-11-12-25-13-26-18)23(30-27-22)28(16(3)29)19-10-5-4-9-17(19)24/h4-13H,1-3H3. The number of rotatable bonds is 4. The summed E-state index contributed by atoms with van der Waals surface area (Å²) in [6.45, 7) is 5.29. The zero-order valence-electron chi connectivity index (χ0n) is 16.8. The molecular formula is C23H19FN4O2. The van der Waals surface area contributed by atoms with Gasteiger partial charge in [-0.2, -0.15) is 0 Å². The average Bonchev–Trinajstić information content (AvgIpc) is 3.14. The molecule has 1 amide bonds. The quantitative estimate of drug-likeness (QED) is 0.467. The van der Waals surface area contributed by atoms with E-state index in [1.807, 2.05) is 32.0 Å². The van der Waals surface area contributed by atoms with Crippen molar-refractivity contribution < 1.29 is 13.7 Å². The number of hydrogen-bond acceptors (Lipinski definition) is 5. The minimum absolute atomic E-state index is 0.0736. The number of carbonyl (C=O) groups is 1. The Morgan fingerprint density at radius 3 is 2.37 bits per heavy atom. The van der Waals surface area contributed by atoms with Gasteiger partial charge in [-0.15, -0.1) is 0 Å². The van der Waals surface area contributed by atoms with E-state index in [4.69, 9.17) is 4.52 Å². The summed E-state index contributed by atoms with van der Waals surface area (Å²) in [5.41, 5.74) is 4.47. The number of para-hydroxylation sites is 1. The van der Waals surface area contributed by atoms with Crippen LogP contribution in [0.4, 0.5) is 16.0 Å². The Morgan fingerprint density at radius 1 is 1.00 bits per heavy atom. The zero-order valence-corrected chi connectivity index (χ0v) is 16.8. The molecule has 0 N–H and O–H groups in total. The molecule has 0 saturated carbocycles. The number of benzene rings is 2. The Morgan fingerprint density at radius 2 is 1.73 bits per heavy atom. The number of aryl methyl sites for hydroxylation is 2. The molecule has 0 bridgehead atoms. The van der Waals surface area contributed by atoms with E-state index in [1.54, 1.807) is 24.4 Å². The molecule has 2 heterocycles. The number of carbonyl (C=O) groups excluding carboxylic acids is 1. The summed E-state index contributed by atoms with van der Waals surface area (Å²) >= 11 is 0. The van der Waals surface area contributed by atoms with Crippen LogP contribution >= 0.6 is 0 Å². The normalized spacial score (nSPS) is 10.8. The van der Waals surface area contributed by atoms with Crippen LogP contribution in [0, 0.1) is 19.7 Å². The predicted octanol–water partition coefficient (Wildman–Crippen LogP) is 5.24. The van der Waals surface area contributed by atoms with Crippen molar-refractivity contribution in [3.63, 3.8) is 0 Å². The Bertz CT molecular complexity index is 1200. The van der Waals surface area contributed by atoms with Gasteiger partial charge in [0.1, 0.15) is 17.8 Å². The highest BCUT2D eigenvalue weighted by Crippen LogP contribution is 2.43. The van der Waals surface area contributed by atoms with Gasteiger partial charge in [0, 0.05) is 18.7 Å². The van der Waals surface area contributed by atoms with Crippen LogP contribution in [0.3, 0.4) is 0 Å². The Kier molecular flexibility index (Phi) is 5.10. The second kappa shape index (κ2) is 7.87. The van der Waals surface area contributed by atoms with Gasteiger partial charge >= 0.3 is 0 Å². The molecule has 0 spiro atoms. The van der Waals surface area contributed by atoms with Crippen LogP contribution in [-0.2, 0) is 4.79 Å². The molecule has 0 atom stereocenters. The Hall–Kier alpha value is -3.87. The van der Waals surface area contributed by atoms with Crippen molar-refractivity contribution in [2.24, 2.45) is 0 Å². The van der Waals surface area contributed by atoms with Gasteiger partial charge in [0.05, 0.1) is 16.9 Å². The highest BCUT2D eigenvalue weighted by atomic mass is 19.1. The third-order valence-electron chi connectivity index (χ3n) is 4.84. The molecule has 150 valence electrons. The highest BCUT2D eigenvalue weighted by Gasteiger charge is 2.30. The molecule has 6 nitrogen and oxygen atoms in total. The summed E-state index contributed by atoms with van der Waals surface area (Å²) in [6.07, 6.45) is 3.00. The third kappa shape index (κ3) is 3.34. The maximum atomic E-state index is 14.6. The molecule has 0 aliphatic carbocycles. The monoisotopic (exact) mass is 402 g/mol. The Balaban J connectivity index is 2.03. The van der Waals surface area contributed by atoms with Gasteiger partial charge in [0.15, 0.2) is 0 Å². The first-order valence-corrected chi connectivity index (χ1v) is 9.37. The first-order chi connectivity index (χ1) is 14.5. The fraction of sp³-hybridized carbons (Fsp3) is 0.130. The van der Waals surface area contributed by atoms with Crippen molar-refractivity contribution in [2.75, 3.05) is 4.90 Å². The minimum atomic E-state index is -0.550. The Labute approximate surface area is 173 Å². The highest BCUT2D eigenvalue weighted by molar-refractivity contribution is 6.03. The van der Waals surface area contributed by atoms with Crippen LogP contribution in [-0.4, -0.2) is 21.0 Å². The molecule has 0 radical (unpaired) electrons. The summed E-state index contributed by atoms with van der Waals surface area (Å²) in [7, 11) is 0. The minimum Gasteiger partial charge on any atom is -0.336 e. The van der Waals surface area contributed by atoms with Crippen LogP contribution in [0.5, 0.6) is 0 Å². The zero-order chi connectivity index (χ0) is 21.3. The number of nitrogens with zero attached hydrogens (tertiary/aromatic N) is 4. The third-order valence-corrected chi connectivity index (χ3v) is 4.84. The van der Waals surface area contributed by atoms with Gasteiger partial charge < -0.3 is 4.52 Å². The lowest BCUT2D eigenvalue weighted by molar-refractivity contribution is -0.116. The first kappa shape index (κ1) is 19.4. The second-order valence-electron chi connectivity index (χ2n) is 6.88. The van der Waals surface area contributed by atoms with Gasteiger partial charge in [-0.05, 0) is 43.2 Å². The van der Waals surface area contributed by atoms with E-state index >= 15 is 0 Å². The van der Waals surface area contributed by atoms with Crippen molar-refractivity contribution in [3.05, 3.63) is 78.0 Å². The van der Waals surface area contributed by atoms with E-state index in [1.165, 1.54) is 30.3 Å². The van der Waals surface area contributed by atoms with Gasteiger partial charge in [0.2, 0.25) is 11.8 Å². The second-order valence-corrected chi connectivity index (χ2v) is 6.88. The first-order valence-electron chi connectivity index (χ1n) is 9.37. The van der Waals surface area contributed by atoms with E-state index in [0.29, 0.717) is 17.0 Å². The summed E-state index contributed by atoms with van der Waals surface area (Å²) in [6, 6.07) is 13.6. The number of amides is 1. The number of aromatic nitrogens is 3. The average molecular weight is 402 g/mol. The molecule has 0 aliphatic heterocycles. The van der Waals surface area contributed by atoms with Crippen molar-refractivity contribution in [2.45, 2.75) is 20.8 Å². The van der Waals surface area contributed by atoms with Crippen LogP contribution in [0.15, 0.2) is 65.6 Å². The fourth-order valence-corrected chi connectivity index (χ4v) is 3.52. The molecule has 7 heteroatoms. The van der Waals surface area contributed by atoms with Gasteiger partial charge in [-0.25, -0.2) is 19.3 Å². The summed E-state index contributed by atoms with van der Waals surface area (Å²) in [5, 5.41) is 4.29. The molecule has 0 aliphatic rings. The number of anilines is 2. The van der Waals surface area contributed by atoms with Crippen LogP contribution in [0.25, 0.3) is 22.5 Å². The smallest absolute Gasteiger partial charge is 0.248 e. The molecule has 4 rings (SSSR count). The molecule has 0 saturated heterocycles. The van der Waals surface area contributed by atoms with Gasteiger partial charge in [-0.3, -0.25) is 4.79 Å². The van der Waals surface area contributed by atoms with Crippen LogP contribution in [0.2, 0.25) is 0 Å². The molecule has 0 fully saturated rings. The van der Waals surface area contributed by atoms with Crippen molar-refractivity contribution in [3.8, 4) is 22.5 Å². The maximum Gasteiger partial charge on any atom is 0.248 e. The van der Waals surface area contributed by atoms with Gasteiger partial charge in [-0.1, -0.05) is 35.5 Å². The molecule has 0 unspecified atom stereocenters. The maximum absolute atomic E-state index is 14.6.